The number of esters is 1. The van der Waals surface area contributed by atoms with Gasteiger partial charge in [-0.25, -0.2) is 4.79 Å². The number of rotatable bonds is 9. The van der Waals surface area contributed by atoms with E-state index in [2.05, 4.69) is 23.7 Å². The fourth-order valence-electron chi connectivity index (χ4n) is 3.01. The molecule has 0 aliphatic heterocycles. The highest BCUT2D eigenvalue weighted by atomic mass is 16.5. The third-order valence-electron chi connectivity index (χ3n) is 4.85. The Morgan fingerprint density at radius 2 is 2.07 bits per heavy atom. The summed E-state index contributed by atoms with van der Waals surface area (Å²) in [7, 11) is 0. The van der Waals surface area contributed by atoms with E-state index in [1.54, 1.807) is 12.1 Å². The lowest BCUT2D eigenvalue weighted by Gasteiger charge is -2.13. The van der Waals surface area contributed by atoms with Crippen molar-refractivity contribution in [1.29, 1.82) is 5.26 Å². The summed E-state index contributed by atoms with van der Waals surface area (Å²) in [5, 5.41) is 12.1. The Bertz CT molecular complexity index is 946. The lowest BCUT2D eigenvalue weighted by Crippen LogP contribution is -2.35. The van der Waals surface area contributed by atoms with Crippen LogP contribution < -0.4 is 5.32 Å². The SMILES string of the molecule is Cc1cc(/C=C(\C#N)C(=O)O[C@H](C)C(=O)NCc2ccco2)c(C)n1CCC(C)C. The van der Waals surface area contributed by atoms with Crippen LogP contribution in [0.15, 0.2) is 34.5 Å². The maximum atomic E-state index is 12.4. The van der Waals surface area contributed by atoms with Gasteiger partial charge in [0.15, 0.2) is 6.10 Å². The van der Waals surface area contributed by atoms with Gasteiger partial charge in [-0.05, 0) is 62.9 Å². The van der Waals surface area contributed by atoms with Crippen LogP contribution in [0.2, 0.25) is 0 Å². The van der Waals surface area contributed by atoms with Gasteiger partial charge >= 0.3 is 5.97 Å². The normalized spacial score (nSPS) is 12.5. The Morgan fingerprint density at radius 1 is 1.33 bits per heavy atom. The summed E-state index contributed by atoms with van der Waals surface area (Å²) in [4.78, 5) is 24.6. The van der Waals surface area contributed by atoms with E-state index in [4.69, 9.17) is 9.15 Å². The third kappa shape index (κ3) is 6.11. The Morgan fingerprint density at radius 3 is 2.67 bits per heavy atom. The zero-order chi connectivity index (χ0) is 22.3. The van der Waals surface area contributed by atoms with Crippen molar-refractivity contribution in [1.82, 2.24) is 9.88 Å². The molecule has 30 heavy (non-hydrogen) atoms. The average Bonchev–Trinajstić information content (AvgIpc) is 3.30. The first-order chi connectivity index (χ1) is 14.2. The molecule has 160 valence electrons. The van der Waals surface area contributed by atoms with E-state index >= 15 is 0 Å². The first-order valence-corrected chi connectivity index (χ1v) is 10.0. The average molecular weight is 412 g/mol. The van der Waals surface area contributed by atoms with Crippen molar-refractivity contribution in [2.24, 2.45) is 5.92 Å². The summed E-state index contributed by atoms with van der Waals surface area (Å²) in [5.74, 6) is -0.128. The molecule has 2 aromatic rings. The first kappa shape index (κ1) is 23.0. The molecule has 0 fully saturated rings. The maximum Gasteiger partial charge on any atom is 0.349 e. The van der Waals surface area contributed by atoms with Gasteiger partial charge < -0.3 is 19.0 Å². The van der Waals surface area contributed by atoms with E-state index in [9.17, 15) is 14.9 Å². The van der Waals surface area contributed by atoms with Crippen molar-refractivity contribution in [3.63, 3.8) is 0 Å². The van der Waals surface area contributed by atoms with Crippen LogP contribution in [0.1, 0.15) is 49.9 Å². The molecule has 0 unspecified atom stereocenters. The second-order valence-corrected chi connectivity index (χ2v) is 7.68. The van der Waals surface area contributed by atoms with Crippen LogP contribution in [0.3, 0.4) is 0 Å². The van der Waals surface area contributed by atoms with Crippen LogP contribution in [0.4, 0.5) is 0 Å². The van der Waals surface area contributed by atoms with Crippen molar-refractivity contribution < 1.29 is 18.7 Å². The number of nitrogens with one attached hydrogen (secondary N) is 1. The second-order valence-electron chi connectivity index (χ2n) is 7.68. The van der Waals surface area contributed by atoms with Gasteiger partial charge in [0.2, 0.25) is 0 Å². The van der Waals surface area contributed by atoms with Gasteiger partial charge in [0, 0.05) is 17.9 Å². The van der Waals surface area contributed by atoms with Crippen molar-refractivity contribution in [2.45, 2.75) is 60.2 Å². The molecule has 0 saturated carbocycles. The van der Waals surface area contributed by atoms with Gasteiger partial charge in [-0.15, -0.1) is 0 Å². The second kappa shape index (κ2) is 10.5. The molecule has 1 N–H and O–H groups in total. The summed E-state index contributed by atoms with van der Waals surface area (Å²) in [6.07, 6.45) is 3.03. The zero-order valence-corrected chi connectivity index (χ0v) is 18.2. The number of hydrogen-bond donors (Lipinski definition) is 1. The fraction of sp³-hybridized carbons (Fsp3) is 0.435. The van der Waals surface area contributed by atoms with Gasteiger partial charge in [-0.3, -0.25) is 4.79 Å². The van der Waals surface area contributed by atoms with Crippen molar-refractivity contribution in [3.8, 4) is 6.07 Å². The summed E-state index contributed by atoms with van der Waals surface area (Å²) in [6, 6.07) is 7.27. The molecule has 1 atom stereocenters. The van der Waals surface area contributed by atoms with Crippen LogP contribution in [0.25, 0.3) is 6.08 Å². The summed E-state index contributed by atoms with van der Waals surface area (Å²) in [5.41, 5.74) is 2.69. The number of nitrogens with zero attached hydrogens (tertiary/aromatic N) is 2. The first-order valence-electron chi connectivity index (χ1n) is 10.0. The highest BCUT2D eigenvalue weighted by molar-refractivity contribution is 5.99. The van der Waals surface area contributed by atoms with E-state index in [1.807, 2.05) is 26.0 Å². The molecule has 7 nitrogen and oxygen atoms in total. The molecule has 0 aliphatic carbocycles. The number of ether oxygens (including phenoxy) is 1. The predicted octanol–water partition coefficient (Wildman–Crippen LogP) is 3.90. The predicted molar refractivity (Wildman–Crippen MR) is 113 cm³/mol. The molecule has 0 radical (unpaired) electrons. The fourth-order valence-corrected chi connectivity index (χ4v) is 3.01. The lowest BCUT2D eigenvalue weighted by atomic mass is 10.1. The number of aryl methyl sites for hydroxylation is 1. The lowest BCUT2D eigenvalue weighted by molar-refractivity contribution is -0.150. The zero-order valence-electron chi connectivity index (χ0n) is 18.2. The number of hydrogen-bond acceptors (Lipinski definition) is 5. The van der Waals surface area contributed by atoms with E-state index in [0.717, 1.165) is 29.9 Å². The quantitative estimate of drug-likeness (QED) is 0.383. The molecule has 0 saturated heterocycles. The number of aromatic nitrogens is 1. The van der Waals surface area contributed by atoms with Gasteiger partial charge in [0.05, 0.1) is 12.8 Å². The summed E-state index contributed by atoms with van der Waals surface area (Å²) in [6.45, 7) is 10.8. The van der Waals surface area contributed by atoms with Crippen molar-refractivity contribution in [3.05, 3.63) is 52.7 Å². The van der Waals surface area contributed by atoms with E-state index in [0.29, 0.717) is 11.7 Å². The minimum atomic E-state index is -1.04. The van der Waals surface area contributed by atoms with Gasteiger partial charge in [-0.1, -0.05) is 13.8 Å². The van der Waals surface area contributed by atoms with E-state index in [1.165, 1.54) is 19.3 Å². The van der Waals surface area contributed by atoms with E-state index in [-0.39, 0.29) is 12.1 Å². The molecule has 7 heteroatoms. The van der Waals surface area contributed by atoms with Crippen molar-refractivity contribution in [2.75, 3.05) is 0 Å². The molecule has 2 rings (SSSR count). The summed E-state index contributed by atoms with van der Waals surface area (Å²) < 4.78 is 12.5. The van der Waals surface area contributed by atoms with Crippen LogP contribution in [-0.2, 0) is 27.4 Å². The maximum absolute atomic E-state index is 12.4. The number of nitriles is 1. The molecular weight excluding hydrogens is 382 g/mol. The van der Waals surface area contributed by atoms with Crippen molar-refractivity contribution >= 4 is 18.0 Å². The van der Waals surface area contributed by atoms with Crippen LogP contribution in [0.5, 0.6) is 0 Å². The molecular formula is C23H29N3O4. The Hall–Kier alpha value is -3.27. The molecule has 0 bridgehead atoms. The number of carbonyl (C=O) groups is 2. The third-order valence-corrected chi connectivity index (χ3v) is 4.85. The highest BCUT2D eigenvalue weighted by Crippen LogP contribution is 2.20. The van der Waals surface area contributed by atoms with Gasteiger partial charge in [0.25, 0.3) is 5.91 Å². The monoisotopic (exact) mass is 411 g/mol. The molecule has 2 heterocycles. The minimum absolute atomic E-state index is 0.148. The van der Waals surface area contributed by atoms with Crippen LogP contribution in [-0.4, -0.2) is 22.5 Å². The number of carbonyl (C=O) groups excluding carboxylic acids is 2. The molecule has 1 amide bonds. The highest BCUT2D eigenvalue weighted by Gasteiger charge is 2.21. The Labute approximate surface area is 177 Å². The minimum Gasteiger partial charge on any atom is -0.467 e. The number of furan rings is 1. The molecule has 2 aromatic heterocycles. The van der Waals surface area contributed by atoms with Crippen LogP contribution in [0, 0.1) is 31.1 Å². The number of amides is 1. The largest absolute Gasteiger partial charge is 0.467 e. The Balaban J connectivity index is 2.05. The molecule has 0 aromatic carbocycles. The Kier molecular flexibility index (Phi) is 8.05. The van der Waals surface area contributed by atoms with E-state index < -0.39 is 18.0 Å². The topological polar surface area (TPSA) is 97.3 Å². The van der Waals surface area contributed by atoms with Gasteiger partial charge in [0.1, 0.15) is 17.4 Å². The smallest absolute Gasteiger partial charge is 0.349 e. The standard InChI is InChI=1S/C23H29N3O4/c1-15(2)8-9-26-16(3)11-19(17(26)4)12-20(13-24)23(28)30-18(5)22(27)25-14-21-7-6-10-29-21/h6-7,10-12,15,18H,8-9,14H2,1-5H3,(H,25,27)/b20-12+/t18-/m1/s1. The molecule has 0 aliphatic rings. The van der Waals surface area contributed by atoms with Gasteiger partial charge in [-0.2, -0.15) is 5.26 Å². The summed E-state index contributed by atoms with van der Waals surface area (Å²) >= 11 is 0. The van der Waals surface area contributed by atoms with Crippen LogP contribution >= 0.6 is 0 Å². The molecule has 0 spiro atoms.